The molecule has 0 radical (unpaired) electrons. The second-order valence-electron chi connectivity index (χ2n) is 2.95. The van der Waals surface area contributed by atoms with Gasteiger partial charge in [0.05, 0.1) is 0 Å². The Kier molecular flexibility index (Phi) is 3.84. The molecule has 0 N–H and O–H groups in total. The highest BCUT2D eigenvalue weighted by Crippen LogP contribution is 2.07. The zero-order valence-electron chi connectivity index (χ0n) is 7.69. The van der Waals surface area contributed by atoms with Gasteiger partial charge >= 0.3 is 0 Å². The molecular formula is C10H7I2N3. The Hall–Kier alpha value is -0.310. The van der Waals surface area contributed by atoms with Gasteiger partial charge in [-0.1, -0.05) is 30.3 Å². The highest BCUT2D eigenvalue weighted by Gasteiger charge is 2.03. The average molecular weight is 423 g/mol. The number of aromatic nitrogens is 3. The molecule has 3 nitrogen and oxygen atoms in total. The Morgan fingerprint density at radius 2 is 1.47 bits per heavy atom. The van der Waals surface area contributed by atoms with Crippen molar-refractivity contribution < 1.29 is 0 Å². The van der Waals surface area contributed by atoms with Gasteiger partial charge in [0, 0.05) is 51.6 Å². The van der Waals surface area contributed by atoms with Crippen LogP contribution in [0, 0.1) is 7.66 Å². The highest BCUT2D eigenvalue weighted by atomic mass is 127. The Balaban J connectivity index is 2.25. The molecular weight excluding hydrogens is 416 g/mol. The van der Waals surface area contributed by atoms with Gasteiger partial charge < -0.3 is 0 Å². The number of rotatable bonds is 2. The maximum absolute atomic E-state index is 4.29. The first-order chi connectivity index (χ1) is 7.24. The largest absolute Gasteiger partial charge is 0.207 e. The minimum Gasteiger partial charge on any atom is -0.207 e. The van der Waals surface area contributed by atoms with E-state index in [9.17, 15) is 0 Å². The van der Waals surface area contributed by atoms with Gasteiger partial charge in [-0.05, 0) is 5.56 Å². The van der Waals surface area contributed by atoms with Crippen LogP contribution in [-0.4, -0.2) is 15.0 Å². The average Bonchev–Trinajstić information content (AvgIpc) is 2.17. The van der Waals surface area contributed by atoms with E-state index in [1.807, 2.05) is 18.2 Å². The fourth-order valence-electron chi connectivity index (χ4n) is 1.22. The smallest absolute Gasteiger partial charge is 0.194 e. The van der Waals surface area contributed by atoms with E-state index in [0.717, 1.165) is 19.9 Å². The Morgan fingerprint density at radius 1 is 0.867 bits per heavy atom. The number of benzene rings is 1. The molecule has 2 rings (SSSR count). The van der Waals surface area contributed by atoms with Gasteiger partial charge in [0.2, 0.25) is 0 Å². The van der Waals surface area contributed by atoms with E-state index in [4.69, 9.17) is 0 Å². The summed E-state index contributed by atoms with van der Waals surface area (Å²) in [6.45, 7) is 0. The molecule has 0 bridgehead atoms. The lowest BCUT2D eigenvalue weighted by Gasteiger charge is -2.00. The Bertz CT molecular complexity index is 439. The molecule has 0 amide bonds. The van der Waals surface area contributed by atoms with Gasteiger partial charge in [0.25, 0.3) is 0 Å². The Morgan fingerprint density at radius 3 is 2.07 bits per heavy atom. The van der Waals surface area contributed by atoms with E-state index in [0.29, 0.717) is 0 Å². The topological polar surface area (TPSA) is 38.7 Å². The van der Waals surface area contributed by atoms with E-state index >= 15 is 0 Å². The summed E-state index contributed by atoms with van der Waals surface area (Å²) in [6.07, 6.45) is 0.759. The monoisotopic (exact) mass is 423 g/mol. The van der Waals surface area contributed by atoms with Crippen molar-refractivity contribution in [3.05, 3.63) is 49.4 Å². The minimum absolute atomic E-state index is 0.748. The molecule has 76 valence electrons. The van der Waals surface area contributed by atoms with Crippen molar-refractivity contribution >= 4 is 45.2 Å². The van der Waals surface area contributed by atoms with Crippen LogP contribution in [0.3, 0.4) is 0 Å². The van der Waals surface area contributed by atoms with E-state index < -0.39 is 0 Å². The number of hydrogen-bond acceptors (Lipinski definition) is 3. The van der Waals surface area contributed by atoms with Crippen LogP contribution in [0.1, 0.15) is 11.4 Å². The molecule has 0 unspecified atom stereocenters. The third kappa shape index (κ3) is 3.33. The summed E-state index contributed by atoms with van der Waals surface area (Å²) in [5.41, 5.74) is 1.22. The molecule has 0 spiro atoms. The van der Waals surface area contributed by atoms with E-state index in [-0.39, 0.29) is 0 Å². The van der Waals surface area contributed by atoms with Crippen LogP contribution in [0.5, 0.6) is 0 Å². The molecule has 0 aliphatic heterocycles. The standard InChI is InChI=1S/C10H7I2N3/c11-9-13-8(14-10(12)15-9)6-7-4-2-1-3-5-7/h1-5H,6H2. The predicted molar refractivity (Wildman–Crippen MR) is 74.5 cm³/mol. The van der Waals surface area contributed by atoms with Gasteiger partial charge in [0.1, 0.15) is 5.82 Å². The lowest BCUT2D eigenvalue weighted by Crippen LogP contribution is -2.03. The van der Waals surface area contributed by atoms with Crippen molar-refractivity contribution in [3.8, 4) is 0 Å². The molecule has 1 aromatic heterocycles. The fraction of sp³-hybridized carbons (Fsp3) is 0.100. The summed E-state index contributed by atoms with van der Waals surface area (Å²) < 4.78 is 1.50. The quantitative estimate of drug-likeness (QED) is 0.698. The van der Waals surface area contributed by atoms with Gasteiger partial charge in [-0.25, -0.2) is 9.97 Å². The van der Waals surface area contributed by atoms with Crippen molar-refractivity contribution in [2.24, 2.45) is 0 Å². The molecule has 0 saturated heterocycles. The normalized spacial score (nSPS) is 10.3. The van der Waals surface area contributed by atoms with E-state index in [2.05, 4.69) is 72.3 Å². The summed E-state index contributed by atoms with van der Waals surface area (Å²) in [5, 5.41) is 0. The molecule has 0 saturated carbocycles. The number of halogens is 2. The van der Waals surface area contributed by atoms with E-state index in [1.165, 1.54) is 5.56 Å². The maximum Gasteiger partial charge on any atom is 0.194 e. The molecule has 0 atom stereocenters. The molecule has 2 aromatic rings. The van der Waals surface area contributed by atoms with E-state index in [1.54, 1.807) is 0 Å². The number of hydrogen-bond donors (Lipinski definition) is 0. The van der Waals surface area contributed by atoms with Crippen LogP contribution in [-0.2, 0) is 6.42 Å². The lowest BCUT2D eigenvalue weighted by atomic mass is 10.1. The second-order valence-corrected chi connectivity index (χ2v) is 4.88. The third-order valence-electron chi connectivity index (χ3n) is 1.83. The third-order valence-corrected chi connectivity index (χ3v) is 2.80. The van der Waals surface area contributed by atoms with Crippen LogP contribution < -0.4 is 0 Å². The molecule has 0 aliphatic rings. The van der Waals surface area contributed by atoms with Crippen LogP contribution in [0.15, 0.2) is 30.3 Å². The second kappa shape index (κ2) is 5.15. The summed E-state index contributed by atoms with van der Waals surface area (Å²) >= 11 is 4.21. The van der Waals surface area contributed by atoms with Gasteiger partial charge in [-0.15, -0.1) is 0 Å². The molecule has 0 aliphatic carbocycles. The van der Waals surface area contributed by atoms with Crippen molar-refractivity contribution in [2.75, 3.05) is 0 Å². The van der Waals surface area contributed by atoms with Crippen LogP contribution >= 0.6 is 45.2 Å². The fourth-order valence-corrected chi connectivity index (χ4v) is 2.70. The summed E-state index contributed by atoms with van der Waals surface area (Å²) in [5.74, 6) is 0.824. The van der Waals surface area contributed by atoms with Crippen molar-refractivity contribution in [1.29, 1.82) is 0 Å². The first-order valence-corrected chi connectivity index (χ1v) is 6.49. The van der Waals surface area contributed by atoms with Crippen LogP contribution in [0.2, 0.25) is 0 Å². The highest BCUT2D eigenvalue weighted by molar-refractivity contribution is 14.1. The molecule has 1 aromatic carbocycles. The van der Waals surface area contributed by atoms with Crippen LogP contribution in [0.4, 0.5) is 0 Å². The van der Waals surface area contributed by atoms with Crippen molar-refractivity contribution in [3.63, 3.8) is 0 Å². The SMILES string of the molecule is Ic1nc(I)nc(Cc2ccccc2)n1. The molecule has 0 fully saturated rings. The molecule has 15 heavy (non-hydrogen) atoms. The van der Waals surface area contributed by atoms with Crippen molar-refractivity contribution in [2.45, 2.75) is 6.42 Å². The molecule has 5 heteroatoms. The van der Waals surface area contributed by atoms with Crippen LogP contribution in [0.25, 0.3) is 0 Å². The predicted octanol–water partition coefficient (Wildman–Crippen LogP) is 2.67. The first-order valence-electron chi connectivity index (χ1n) is 4.34. The summed E-state index contributed by atoms with van der Waals surface area (Å²) in [7, 11) is 0. The summed E-state index contributed by atoms with van der Waals surface area (Å²) in [6, 6.07) is 10.2. The zero-order valence-corrected chi connectivity index (χ0v) is 12.0. The van der Waals surface area contributed by atoms with Gasteiger partial charge in [0.15, 0.2) is 7.66 Å². The van der Waals surface area contributed by atoms with Gasteiger partial charge in [-0.3, -0.25) is 0 Å². The Labute approximate surface area is 115 Å². The lowest BCUT2D eigenvalue weighted by molar-refractivity contribution is 0.869. The van der Waals surface area contributed by atoms with Crippen molar-refractivity contribution in [1.82, 2.24) is 15.0 Å². The zero-order chi connectivity index (χ0) is 10.7. The summed E-state index contributed by atoms with van der Waals surface area (Å²) in [4.78, 5) is 12.7. The molecule has 1 heterocycles. The number of nitrogens with zero attached hydrogens (tertiary/aromatic N) is 3. The first kappa shape index (κ1) is 11.2. The van der Waals surface area contributed by atoms with Gasteiger partial charge in [-0.2, -0.15) is 4.98 Å². The minimum atomic E-state index is 0.748. The maximum atomic E-state index is 4.29.